The third-order valence-corrected chi connectivity index (χ3v) is 4.13. The molecule has 1 aliphatic rings. The lowest BCUT2D eigenvalue weighted by atomic mass is 10.0. The number of hydrogen-bond donors (Lipinski definition) is 3. The number of allylic oxidation sites excluding steroid dienone is 1. The fourth-order valence-electron chi connectivity index (χ4n) is 2.55. The van der Waals surface area contributed by atoms with Crippen molar-refractivity contribution in [3.63, 3.8) is 0 Å². The highest BCUT2D eigenvalue weighted by Gasteiger charge is 2.22. The Morgan fingerprint density at radius 2 is 2.04 bits per heavy atom. The molecule has 0 aliphatic carbocycles. The molecule has 24 heavy (non-hydrogen) atoms. The molecule has 3 rings (SSSR count). The molecule has 0 amide bonds. The third-order valence-electron chi connectivity index (χ3n) is 3.80. The van der Waals surface area contributed by atoms with Crippen LogP contribution in [0.1, 0.15) is 30.7 Å². The van der Waals surface area contributed by atoms with Crippen molar-refractivity contribution in [2.45, 2.75) is 20.3 Å². The summed E-state index contributed by atoms with van der Waals surface area (Å²) in [6.07, 6.45) is 2.53. The second-order valence-corrected chi connectivity index (χ2v) is 5.95. The average molecular weight is 340 g/mol. The van der Waals surface area contributed by atoms with E-state index in [-0.39, 0.29) is 5.84 Å². The van der Waals surface area contributed by atoms with E-state index < -0.39 is 0 Å². The van der Waals surface area contributed by atoms with E-state index in [4.69, 9.17) is 22.7 Å². The molecule has 1 aromatic heterocycles. The SMILES string of the molecule is CCc1cc2c(cn1)NC(=N)/C(=C(/C)N)N=C2c1ccccc1Cl. The van der Waals surface area contributed by atoms with E-state index in [1.165, 1.54) is 0 Å². The molecule has 2 aromatic rings. The summed E-state index contributed by atoms with van der Waals surface area (Å²) in [4.78, 5) is 9.09. The molecule has 5 nitrogen and oxygen atoms in total. The van der Waals surface area contributed by atoms with E-state index >= 15 is 0 Å². The molecular formula is C18H18ClN5. The second kappa shape index (κ2) is 6.45. The minimum absolute atomic E-state index is 0.143. The van der Waals surface area contributed by atoms with Gasteiger partial charge in [0.2, 0.25) is 0 Å². The predicted octanol–water partition coefficient (Wildman–Crippen LogP) is 3.73. The molecular weight excluding hydrogens is 322 g/mol. The first-order chi connectivity index (χ1) is 11.5. The molecule has 4 N–H and O–H groups in total. The Morgan fingerprint density at radius 3 is 2.71 bits per heavy atom. The lowest BCUT2D eigenvalue weighted by Crippen LogP contribution is -2.15. The molecule has 0 atom stereocenters. The van der Waals surface area contributed by atoms with Crippen LogP contribution in [0, 0.1) is 5.41 Å². The quantitative estimate of drug-likeness (QED) is 0.779. The van der Waals surface area contributed by atoms with Crippen molar-refractivity contribution in [1.82, 2.24) is 4.98 Å². The van der Waals surface area contributed by atoms with Crippen molar-refractivity contribution in [3.05, 3.63) is 69.8 Å². The molecule has 6 heteroatoms. The lowest BCUT2D eigenvalue weighted by molar-refractivity contribution is 1.03. The molecule has 0 fully saturated rings. The first-order valence-corrected chi connectivity index (χ1v) is 8.04. The zero-order valence-corrected chi connectivity index (χ0v) is 14.3. The summed E-state index contributed by atoms with van der Waals surface area (Å²) in [6.45, 7) is 3.77. The zero-order valence-electron chi connectivity index (χ0n) is 13.5. The predicted molar refractivity (Wildman–Crippen MR) is 98.9 cm³/mol. The first-order valence-electron chi connectivity index (χ1n) is 7.66. The minimum atomic E-state index is 0.143. The molecule has 0 unspecified atom stereocenters. The van der Waals surface area contributed by atoms with Gasteiger partial charge in [0.05, 0.1) is 17.6 Å². The maximum atomic E-state index is 8.23. The van der Waals surface area contributed by atoms with Gasteiger partial charge in [-0.15, -0.1) is 0 Å². The van der Waals surface area contributed by atoms with E-state index in [2.05, 4.69) is 15.3 Å². The van der Waals surface area contributed by atoms with Gasteiger partial charge in [0.1, 0.15) is 5.70 Å². The molecule has 0 bridgehead atoms. The van der Waals surface area contributed by atoms with E-state index in [0.717, 1.165) is 23.2 Å². The molecule has 1 aromatic carbocycles. The number of aromatic nitrogens is 1. The summed E-state index contributed by atoms with van der Waals surface area (Å²) in [5.74, 6) is 0.143. The summed E-state index contributed by atoms with van der Waals surface area (Å²) in [5, 5.41) is 11.9. The highest BCUT2D eigenvalue weighted by Crippen LogP contribution is 2.29. The summed E-state index contributed by atoms with van der Waals surface area (Å²) in [7, 11) is 0. The van der Waals surface area contributed by atoms with Gasteiger partial charge in [0, 0.05) is 27.5 Å². The Morgan fingerprint density at radius 1 is 1.29 bits per heavy atom. The van der Waals surface area contributed by atoms with E-state index in [1.54, 1.807) is 13.1 Å². The smallest absolute Gasteiger partial charge is 0.150 e. The van der Waals surface area contributed by atoms with E-state index in [1.807, 2.05) is 37.3 Å². The summed E-state index contributed by atoms with van der Waals surface area (Å²) in [5.41, 5.74) is 10.8. The zero-order chi connectivity index (χ0) is 17.3. The van der Waals surface area contributed by atoms with Gasteiger partial charge in [-0.2, -0.15) is 0 Å². The summed E-state index contributed by atoms with van der Waals surface area (Å²) >= 11 is 6.40. The lowest BCUT2D eigenvalue weighted by Gasteiger charge is -2.12. The van der Waals surface area contributed by atoms with E-state index in [0.29, 0.717) is 27.8 Å². The normalized spacial score (nSPS) is 16.0. The number of nitrogens with one attached hydrogen (secondary N) is 2. The number of aryl methyl sites for hydroxylation is 1. The summed E-state index contributed by atoms with van der Waals surface area (Å²) < 4.78 is 0. The fraction of sp³-hybridized carbons (Fsp3) is 0.167. The van der Waals surface area contributed by atoms with Gasteiger partial charge < -0.3 is 11.1 Å². The van der Waals surface area contributed by atoms with Gasteiger partial charge in [0.25, 0.3) is 0 Å². The van der Waals surface area contributed by atoms with Crippen LogP contribution >= 0.6 is 11.6 Å². The molecule has 1 aliphatic heterocycles. The van der Waals surface area contributed by atoms with Gasteiger partial charge in [0.15, 0.2) is 5.84 Å². The third kappa shape index (κ3) is 2.90. The Labute approximate surface area is 145 Å². The molecule has 122 valence electrons. The van der Waals surface area contributed by atoms with Gasteiger partial charge in [-0.3, -0.25) is 10.4 Å². The second-order valence-electron chi connectivity index (χ2n) is 5.55. The van der Waals surface area contributed by atoms with Gasteiger partial charge in [-0.05, 0) is 25.5 Å². The number of aliphatic imine (C=N–C) groups is 1. The molecule has 0 radical (unpaired) electrons. The topological polar surface area (TPSA) is 87.2 Å². The van der Waals surface area contributed by atoms with Crippen LogP contribution in [0.5, 0.6) is 0 Å². The maximum Gasteiger partial charge on any atom is 0.150 e. The molecule has 0 saturated carbocycles. The largest absolute Gasteiger partial charge is 0.400 e. The van der Waals surface area contributed by atoms with Gasteiger partial charge in [-0.25, -0.2) is 4.99 Å². The number of hydrogen-bond acceptors (Lipinski definition) is 4. The Hall–Kier alpha value is -2.66. The maximum absolute atomic E-state index is 8.23. The average Bonchev–Trinajstić information content (AvgIpc) is 2.71. The number of fused-ring (bicyclic) bond motifs is 1. The highest BCUT2D eigenvalue weighted by molar-refractivity contribution is 6.36. The summed E-state index contributed by atoms with van der Waals surface area (Å²) in [6, 6.07) is 9.50. The Balaban J connectivity index is 2.33. The van der Waals surface area contributed by atoms with Crippen molar-refractivity contribution < 1.29 is 0 Å². The van der Waals surface area contributed by atoms with Crippen LogP contribution in [0.2, 0.25) is 5.02 Å². The standard InChI is InChI=1S/C18H18ClN5/c1-3-11-8-13-15(9-22-11)23-18(21)16(10(2)20)24-17(13)12-6-4-5-7-14(12)19/h4-9H,3,20H2,1-2H3,(H2,21,23)/b16-10+. The number of anilines is 1. The van der Waals surface area contributed by atoms with Crippen LogP contribution in [0.25, 0.3) is 0 Å². The number of benzene rings is 1. The van der Waals surface area contributed by atoms with Crippen molar-refractivity contribution >= 4 is 28.8 Å². The monoisotopic (exact) mass is 339 g/mol. The number of pyridine rings is 1. The number of rotatable bonds is 2. The molecule has 0 spiro atoms. The van der Waals surface area contributed by atoms with Crippen LogP contribution in [-0.4, -0.2) is 16.5 Å². The van der Waals surface area contributed by atoms with Crippen molar-refractivity contribution in [2.75, 3.05) is 5.32 Å². The van der Waals surface area contributed by atoms with Gasteiger partial charge in [-0.1, -0.05) is 36.7 Å². The highest BCUT2D eigenvalue weighted by atomic mass is 35.5. The van der Waals surface area contributed by atoms with Crippen LogP contribution < -0.4 is 11.1 Å². The first kappa shape index (κ1) is 16.2. The fourth-order valence-corrected chi connectivity index (χ4v) is 2.78. The Bertz CT molecular complexity index is 879. The number of nitrogens with two attached hydrogens (primary N) is 1. The van der Waals surface area contributed by atoms with Gasteiger partial charge >= 0.3 is 0 Å². The van der Waals surface area contributed by atoms with Crippen LogP contribution in [0.3, 0.4) is 0 Å². The number of amidine groups is 1. The van der Waals surface area contributed by atoms with Crippen molar-refractivity contribution in [1.29, 1.82) is 5.41 Å². The number of halogens is 1. The van der Waals surface area contributed by atoms with E-state index in [9.17, 15) is 0 Å². The van der Waals surface area contributed by atoms with Crippen LogP contribution in [0.4, 0.5) is 5.69 Å². The van der Waals surface area contributed by atoms with Crippen molar-refractivity contribution in [3.8, 4) is 0 Å². The molecule has 2 heterocycles. The minimum Gasteiger partial charge on any atom is -0.400 e. The number of nitrogens with zero attached hydrogens (tertiary/aromatic N) is 2. The molecule has 0 saturated heterocycles. The van der Waals surface area contributed by atoms with Crippen molar-refractivity contribution in [2.24, 2.45) is 10.7 Å². The van der Waals surface area contributed by atoms with Crippen LogP contribution in [0.15, 0.2) is 52.9 Å². The van der Waals surface area contributed by atoms with Crippen LogP contribution in [-0.2, 0) is 6.42 Å². The Kier molecular flexibility index (Phi) is 4.36.